The molecule has 0 saturated carbocycles. The number of thioether (sulfide) groups is 1. The molecule has 1 N–H and O–H groups in total. The van der Waals surface area contributed by atoms with Crippen LogP contribution in [-0.4, -0.2) is 26.7 Å². The third kappa shape index (κ3) is 3.16. The number of imidazole rings is 1. The Bertz CT molecular complexity index is 478. The highest BCUT2D eigenvalue weighted by atomic mass is 79.9. The van der Waals surface area contributed by atoms with Gasteiger partial charge in [0.15, 0.2) is 5.16 Å². The summed E-state index contributed by atoms with van der Waals surface area (Å²) in [5.41, 5.74) is 1.58. The Kier molecular flexibility index (Phi) is 3.67. The number of H-pyrrole nitrogens is 1. The normalized spacial score (nSPS) is 14.1. The van der Waals surface area contributed by atoms with Gasteiger partial charge in [0.05, 0.1) is 11.0 Å². The van der Waals surface area contributed by atoms with Crippen LogP contribution in [0, 0.1) is 0 Å². The van der Waals surface area contributed by atoms with Crippen molar-refractivity contribution in [1.29, 1.82) is 0 Å². The molecule has 0 radical (unpaired) electrons. The molecule has 17 heavy (non-hydrogen) atoms. The average molecular weight is 325 g/mol. The van der Waals surface area contributed by atoms with Gasteiger partial charge in [-0.2, -0.15) is 13.2 Å². The first kappa shape index (κ1) is 12.8. The van der Waals surface area contributed by atoms with Crippen LogP contribution in [0.2, 0.25) is 0 Å². The Morgan fingerprint density at radius 2 is 2.06 bits per heavy atom. The van der Waals surface area contributed by atoms with Crippen molar-refractivity contribution < 1.29 is 13.2 Å². The van der Waals surface area contributed by atoms with Crippen molar-refractivity contribution >= 4 is 38.7 Å². The summed E-state index contributed by atoms with van der Waals surface area (Å²) < 4.78 is 36.8. The molecule has 0 fully saturated rings. The molecule has 92 valence electrons. The zero-order valence-electron chi connectivity index (χ0n) is 8.46. The molecule has 2 rings (SSSR count). The van der Waals surface area contributed by atoms with Crippen molar-refractivity contribution in [3.8, 4) is 0 Å². The first-order valence-electron chi connectivity index (χ1n) is 4.75. The molecular formula is C10H8BrF3N2S. The predicted molar refractivity (Wildman–Crippen MR) is 65.6 cm³/mol. The number of hydrogen-bond acceptors (Lipinski definition) is 2. The average Bonchev–Trinajstić information content (AvgIpc) is 2.66. The number of aromatic amines is 1. The summed E-state index contributed by atoms with van der Waals surface area (Å²) in [4.78, 5) is 5.63. The fraction of sp³-hybridized carbons (Fsp3) is 0.300. The summed E-state index contributed by atoms with van der Waals surface area (Å²) in [5.74, 6) is -0.108. The van der Waals surface area contributed by atoms with E-state index in [1.807, 2.05) is 24.3 Å². The van der Waals surface area contributed by atoms with E-state index in [9.17, 15) is 13.2 Å². The molecule has 2 aromatic rings. The molecule has 0 amide bonds. The fourth-order valence-corrected chi connectivity index (χ4v) is 2.48. The highest BCUT2D eigenvalue weighted by molar-refractivity contribution is 9.09. The molecule has 0 saturated heterocycles. The van der Waals surface area contributed by atoms with E-state index in [4.69, 9.17) is 0 Å². The SMILES string of the molecule is FC(F)(F)C(Br)CSc1nc2ccccc2[nH]1. The number of fused-ring (bicyclic) bond motifs is 1. The van der Waals surface area contributed by atoms with Crippen LogP contribution < -0.4 is 0 Å². The van der Waals surface area contributed by atoms with Gasteiger partial charge in [0.25, 0.3) is 0 Å². The summed E-state index contributed by atoms with van der Waals surface area (Å²) >= 11 is 3.66. The van der Waals surface area contributed by atoms with Crippen LogP contribution in [-0.2, 0) is 0 Å². The molecule has 0 aliphatic carbocycles. The summed E-state index contributed by atoms with van der Waals surface area (Å²) in [6, 6.07) is 7.33. The quantitative estimate of drug-likeness (QED) is 0.683. The van der Waals surface area contributed by atoms with Gasteiger partial charge in [-0.15, -0.1) is 0 Å². The number of para-hydroxylation sites is 2. The van der Waals surface area contributed by atoms with Crippen LogP contribution in [0.4, 0.5) is 13.2 Å². The van der Waals surface area contributed by atoms with Crippen LogP contribution in [0.3, 0.4) is 0 Å². The molecule has 1 unspecified atom stereocenters. The minimum absolute atomic E-state index is 0.108. The molecule has 0 spiro atoms. The summed E-state index contributed by atoms with van der Waals surface area (Å²) in [7, 11) is 0. The minimum Gasteiger partial charge on any atom is -0.333 e. The number of hydrogen-bond donors (Lipinski definition) is 1. The Morgan fingerprint density at radius 3 is 2.71 bits per heavy atom. The second-order valence-electron chi connectivity index (χ2n) is 3.38. The second kappa shape index (κ2) is 4.89. The van der Waals surface area contributed by atoms with E-state index < -0.39 is 11.0 Å². The van der Waals surface area contributed by atoms with Crippen LogP contribution in [0.15, 0.2) is 29.4 Å². The smallest absolute Gasteiger partial charge is 0.333 e. The third-order valence-corrected chi connectivity index (χ3v) is 4.33. The highest BCUT2D eigenvalue weighted by Crippen LogP contribution is 2.31. The molecule has 7 heteroatoms. The lowest BCUT2D eigenvalue weighted by Gasteiger charge is -2.11. The first-order valence-corrected chi connectivity index (χ1v) is 6.65. The fourth-order valence-electron chi connectivity index (χ4n) is 1.24. The minimum atomic E-state index is -4.22. The van der Waals surface area contributed by atoms with Gasteiger partial charge in [-0.1, -0.05) is 39.8 Å². The maximum atomic E-state index is 12.3. The Balaban J connectivity index is 2.04. The van der Waals surface area contributed by atoms with E-state index >= 15 is 0 Å². The molecule has 0 bridgehead atoms. The molecule has 1 aromatic heterocycles. The van der Waals surface area contributed by atoms with Crippen LogP contribution in [0.1, 0.15) is 0 Å². The van der Waals surface area contributed by atoms with Gasteiger partial charge < -0.3 is 4.98 Å². The van der Waals surface area contributed by atoms with Crippen LogP contribution in [0.25, 0.3) is 11.0 Å². The van der Waals surface area contributed by atoms with Gasteiger partial charge in [0.2, 0.25) is 0 Å². The topological polar surface area (TPSA) is 28.7 Å². The van der Waals surface area contributed by atoms with Gasteiger partial charge in [-0.3, -0.25) is 0 Å². The van der Waals surface area contributed by atoms with Crippen LogP contribution in [0.5, 0.6) is 0 Å². The molecular weight excluding hydrogens is 317 g/mol. The summed E-state index contributed by atoms with van der Waals surface area (Å²) in [6.45, 7) is 0. The van der Waals surface area contributed by atoms with Gasteiger partial charge in [0, 0.05) is 5.75 Å². The monoisotopic (exact) mass is 324 g/mol. The van der Waals surface area contributed by atoms with Gasteiger partial charge in [-0.05, 0) is 12.1 Å². The number of alkyl halides is 4. The number of benzene rings is 1. The molecule has 1 atom stereocenters. The van der Waals surface area contributed by atoms with Crippen molar-refractivity contribution in [2.75, 3.05) is 5.75 Å². The van der Waals surface area contributed by atoms with Gasteiger partial charge in [-0.25, -0.2) is 4.98 Å². The molecule has 0 aliphatic rings. The van der Waals surface area contributed by atoms with Crippen molar-refractivity contribution in [3.63, 3.8) is 0 Å². The number of nitrogens with one attached hydrogen (secondary N) is 1. The summed E-state index contributed by atoms with van der Waals surface area (Å²) in [5, 5.41) is 0.500. The van der Waals surface area contributed by atoms with E-state index in [1.165, 1.54) is 0 Å². The lowest BCUT2D eigenvalue weighted by molar-refractivity contribution is -0.122. The van der Waals surface area contributed by atoms with Crippen molar-refractivity contribution in [2.45, 2.75) is 16.2 Å². The van der Waals surface area contributed by atoms with Gasteiger partial charge in [0.1, 0.15) is 4.83 Å². The van der Waals surface area contributed by atoms with E-state index in [2.05, 4.69) is 25.9 Å². The zero-order chi connectivity index (χ0) is 12.5. The summed E-state index contributed by atoms with van der Waals surface area (Å²) in [6.07, 6.45) is -4.22. The molecule has 1 heterocycles. The van der Waals surface area contributed by atoms with Gasteiger partial charge >= 0.3 is 6.18 Å². The zero-order valence-corrected chi connectivity index (χ0v) is 10.9. The second-order valence-corrected chi connectivity index (χ2v) is 5.49. The van der Waals surface area contributed by atoms with Crippen molar-refractivity contribution in [3.05, 3.63) is 24.3 Å². The highest BCUT2D eigenvalue weighted by Gasteiger charge is 2.37. The lowest BCUT2D eigenvalue weighted by atomic mass is 10.3. The number of nitrogens with zero attached hydrogens (tertiary/aromatic N) is 1. The van der Waals surface area contributed by atoms with E-state index in [1.54, 1.807) is 0 Å². The standard InChI is InChI=1S/C10H8BrF3N2S/c11-8(10(12,13)14)5-17-9-15-6-3-1-2-4-7(6)16-9/h1-4,8H,5H2,(H,15,16). The predicted octanol–water partition coefficient (Wildman–Crippen LogP) is 3.98. The molecule has 1 aromatic carbocycles. The number of rotatable bonds is 3. The molecule has 0 aliphatic heterocycles. The largest absolute Gasteiger partial charge is 0.402 e. The maximum absolute atomic E-state index is 12.3. The lowest BCUT2D eigenvalue weighted by Crippen LogP contribution is -2.24. The van der Waals surface area contributed by atoms with E-state index in [0.29, 0.717) is 5.16 Å². The van der Waals surface area contributed by atoms with E-state index in [0.717, 1.165) is 22.8 Å². The molecule has 2 nitrogen and oxygen atoms in total. The maximum Gasteiger partial charge on any atom is 0.402 e. The number of aromatic nitrogens is 2. The van der Waals surface area contributed by atoms with Crippen molar-refractivity contribution in [2.24, 2.45) is 0 Å². The van der Waals surface area contributed by atoms with Crippen LogP contribution >= 0.6 is 27.7 Å². The van der Waals surface area contributed by atoms with E-state index in [-0.39, 0.29) is 5.75 Å². The Labute approximate surface area is 108 Å². The Morgan fingerprint density at radius 1 is 1.35 bits per heavy atom. The Hall–Kier alpha value is -0.690. The third-order valence-electron chi connectivity index (χ3n) is 2.09. The first-order chi connectivity index (χ1) is 7.97. The number of halogens is 4. The van der Waals surface area contributed by atoms with Crippen molar-refractivity contribution in [1.82, 2.24) is 9.97 Å².